The molecule has 2 aromatic rings. The number of aromatic nitrogens is 2. The molecule has 2 saturated heterocycles. The minimum absolute atomic E-state index is 0.688. The monoisotopic (exact) mass is 340 g/mol. The van der Waals surface area contributed by atoms with Crippen molar-refractivity contribution in [3.63, 3.8) is 0 Å². The van der Waals surface area contributed by atoms with E-state index in [1.165, 1.54) is 38.8 Å². The van der Waals surface area contributed by atoms with Gasteiger partial charge in [0.05, 0.1) is 6.54 Å². The van der Waals surface area contributed by atoms with Crippen molar-refractivity contribution in [2.24, 2.45) is 5.92 Å². The number of hydrogen-bond donors (Lipinski definition) is 0. The molecular weight excluding hydrogens is 312 g/mol. The molecule has 3 heterocycles. The molecule has 25 heavy (non-hydrogen) atoms. The lowest BCUT2D eigenvalue weighted by Crippen LogP contribution is -2.42. The van der Waals surface area contributed by atoms with Crippen LogP contribution in [0, 0.1) is 5.92 Å². The van der Waals surface area contributed by atoms with Crippen LogP contribution in [-0.4, -0.2) is 52.2 Å². The van der Waals surface area contributed by atoms with Gasteiger partial charge in [-0.15, -0.1) is 0 Å². The molecule has 1 aromatic heterocycles. The Morgan fingerprint density at radius 1 is 1.08 bits per heavy atom. The SMILES string of the molecule is C[C@@H](C1CCN(Cc2nc(-c3ccccc3)no2)CC1)N1CCCC1. The van der Waals surface area contributed by atoms with E-state index >= 15 is 0 Å². The summed E-state index contributed by atoms with van der Waals surface area (Å²) in [7, 11) is 0. The van der Waals surface area contributed by atoms with Crippen LogP contribution in [-0.2, 0) is 6.54 Å². The predicted molar refractivity (Wildman–Crippen MR) is 98.0 cm³/mol. The van der Waals surface area contributed by atoms with Crippen LogP contribution in [0.2, 0.25) is 0 Å². The fourth-order valence-electron chi connectivity index (χ4n) is 4.26. The average Bonchev–Trinajstić information content (AvgIpc) is 3.35. The fourth-order valence-corrected chi connectivity index (χ4v) is 4.26. The van der Waals surface area contributed by atoms with Crippen molar-refractivity contribution in [1.29, 1.82) is 0 Å². The van der Waals surface area contributed by atoms with Gasteiger partial charge in [-0.3, -0.25) is 4.90 Å². The van der Waals surface area contributed by atoms with Gasteiger partial charge in [-0.25, -0.2) is 0 Å². The summed E-state index contributed by atoms with van der Waals surface area (Å²) in [6, 6.07) is 10.8. The molecule has 5 nitrogen and oxygen atoms in total. The molecule has 0 unspecified atom stereocenters. The largest absolute Gasteiger partial charge is 0.338 e. The first-order chi connectivity index (χ1) is 12.3. The summed E-state index contributed by atoms with van der Waals surface area (Å²) in [5, 5.41) is 4.13. The van der Waals surface area contributed by atoms with Gasteiger partial charge >= 0.3 is 0 Å². The summed E-state index contributed by atoms with van der Waals surface area (Å²) in [4.78, 5) is 9.70. The van der Waals surface area contributed by atoms with Crippen molar-refractivity contribution >= 4 is 0 Å². The van der Waals surface area contributed by atoms with Crippen LogP contribution in [0.25, 0.3) is 11.4 Å². The Bertz CT molecular complexity index is 657. The summed E-state index contributed by atoms with van der Waals surface area (Å²) in [5.41, 5.74) is 1.01. The van der Waals surface area contributed by atoms with Crippen LogP contribution in [0.3, 0.4) is 0 Å². The van der Waals surface area contributed by atoms with Crippen LogP contribution < -0.4 is 0 Å². The van der Waals surface area contributed by atoms with Gasteiger partial charge in [0, 0.05) is 11.6 Å². The summed E-state index contributed by atoms with van der Waals surface area (Å²) in [6.07, 6.45) is 5.31. The van der Waals surface area contributed by atoms with E-state index in [1.807, 2.05) is 30.3 Å². The van der Waals surface area contributed by atoms with Crippen LogP contribution in [0.4, 0.5) is 0 Å². The molecule has 1 atom stereocenters. The number of rotatable bonds is 5. The van der Waals surface area contributed by atoms with E-state index < -0.39 is 0 Å². The van der Waals surface area contributed by atoms with Gasteiger partial charge in [0.25, 0.3) is 0 Å². The van der Waals surface area contributed by atoms with Gasteiger partial charge in [-0.2, -0.15) is 4.98 Å². The molecule has 0 aliphatic carbocycles. The highest BCUT2D eigenvalue weighted by atomic mass is 16.5. The molecule has 134 valence electrons. The van der Waals surface area contributed by atoms with Gasteiger partial charge in [0.2, 0.25) is 11.7 Å². The van der Waals surface area contributed by atoms with E-state index in [4.69, 9.17) is 4.52 Å². The maximum absolute atomic E-state index is 5.47. The Labute approximate surface area is 150 Å². The maximum atomic E-state index is 5.47. The number of nitrogens with zero attached hydrogens (tertiary/aromatic N) is 4. The van der Waals surface area contributed by atoms with Crippen molar-refractivity contribution < 1.29 is 4.52 Å². The van der Waals surface area contributed by atoms with Crippen molar-refractivity contribution in [3.05, 3.63) is 36.2 Å². The van der Waals surface area contributed by atoms with Crippen molar-refractivity contribution in [3.8, 4) is 11.4 Å². The van der Waals surface area contributed by atoms with E-state index in [0.29, 0.717) is 5.82 Å². The topological polar surface area (TPSA) is 45.4 Å². The third kappa shape index (κ3) is 3.93. The Morgan fingerprint density at radius 2 is 1.80 bits per heavy atom. The molecule has 2 fully saturated rings. The molecule has 2 aliphatic rings. The van der Waals surface area contributed by atoms with Gasteiger partial charge in [0.1, 0.15) is 0 Å². The molecule has 0 amide bonds. The van der Waals surface area contributed by atoms with E-state index in [-0.39, 0.29) is 0 Å². The lowest BCUT2D eigenvalue weighted by atomic mass is 9.89. The van der Waals surface area contributed by atoms with E-state index in [0.717, 1.165) is 43.0 Å². The van der Waals surface area contributed by atoms with Gasteiger partial charge in [-0.1, -0.05) is 35.5 Å². The van der Waals surface area contributed by atoms with Crippen LogP contribution >= 0.6 is 0 Å². The third-order valence-electron chi connectivity index (χ3n) is 5.89. The smallest absolute Gasteiger partial charge is 0.241 e. The van der Waals surface area contributed by atoms with Crippen molar-refractivity contribution in [1.82, 2.24) is 19.9 Å². The highest BCUT2D eigenvalue weighted by Crippen LogP contribution is 2.27. The lowest BCUT2D eigenvalue weighted by Gasteiger charge is -2.37. The standard InChI is InChI=1S/C20H28N4O/c1-16(24-11-5-6-12-24)17-9-13-23(14-10-17)15-19-21-20(22-25-19)18-7-3-2-4-8-18/h2-4,7-8,16-17H,5-6,9-15H2,1H3/t16-/m0/s1. The normalized spacial score (nSPS) is 21.6. The number of likely N-dealkylation sites (tertiary alicyclic amines) is 2. The maximum Gasteiger partial charge on any atom is 0.241 e. The Kier molecular flexibility index (Phi) is 5.13. The number of piperidine rings is 1. The van der Waals surface area contributed by atoms with Crippen molar-refractivity contribution in [2.45, 2.75) is 45.2 Å². The van der Waals surface area contributed by atoms with Gasteiger partial charge < -0.3 is 9.42 Å². The highest BCUT2D eigenvalue weighted by molar-refractivity contribution is 5.53. The molecule has 2 aliphatic heterocycles. The molecule has 0 saturated carbocycles. The molecule has 0 bridgehead atoms. The summed E-state index contributed by atoms with van der Waals surface area (Å²) < 4.78 is 5.47. The van der Waals surface area contributed by atoms with Crippen molar-refractivity contribution in [2.75, 3.05) is 26.2 Å². The van der Waals surface area contributed by atoms with Crippen LogP contribution in [0.5, 0.6) is 0 Å². The Morgan fingerprint density at radius 3 is 2.52 bits per heavy atom. The molecule has 1 aromatic carbocycles. The minimum Gasteiger partial charge on any atom is -0.338 e. The first-order valence-electron chi connectivity index (χ1n) is 9.64. The van der Waals surface area contributed by atoms with E-state index in [2.05, 4.69) is 26.9 Å². The average molecular weight is 340 g/mol. The molecule has 5 heteroatoms. The predicted octanol–water partition coefficient (Wildman–Crippen LogP) is 3.43. The second-order valence-corrected chi connectivity index (χ2v) is 7.48. The van der Waals surface area contributed by atoms with Gasteiger partial charge in [0.15, 0.2) is 0 Å². The Hall–Kier alpha value is -1.72. The third-order valence-corrected chi connectivity index (χ3v) is 5.89. The second-order valence-electron chi connectivity index (χ2n) is 7.48. The summed E-state index contributed by atoms with van der Waals surface area (Å²) in [5.74, 6) is 2.25. The first-order valence-corrected chi connectivity index (χ1v) is 9.64. The zero-order chi connectivity index (χ0) is 17.1. The molecule has 0 spiro atoms. The second kappa shape index (κ2) is 7.67. The quantitative estimate of drug-likeness (QED) is 0.834. The fraction of sp³-hybridized carbons (Fsp3) is 0.600. The first kappa shape index (κ1) is 16.7. The van der Waals surface area contributed by atoms with E-state index in [9.17, 15) is 0 Å². The summed E-state index contributed by atoms with van der Waals surface area (Å²) >= 11 is 0. The number of benzene rings is 1. The zero-order valence-corrected chi connectivity index (χ0v) is 15.1. The molecule has 4 rings (SSSR count). The molecule has 0 N–H and O–H groups in total. The highest BCUT2D eigenvalue weighted by Gasteiger charge is 2.29. The van der Waals surface area contributed by atoms with Gasteiger partial charge in [-0.05, 0) is 64.7 Å². The lowest BCUT2D eigenvalue weighted by molar-refractivity contribution is 0.101. The zero-order valence-electron chi connectivity index (χ0n) is 15.1. The van der Waals surface area contributed by atoms with E-state index in [1.54, 1.807) is 0 Å². The van der Waals surface area contributed by atoms with Crippen LogP contribution in [0.1, 0.15) is 38.5 Å². The van der Waals surface area contributed by atoms with Crippen LogP contribution in [0.15, 0.2) is 34.9 Å². The molecular formula is C20H28N4O. The minimum atomic E-state index is 0.688. The summed E-state index contributed by atoms with van der Waals surface area (Å²) in [6.45, 7) is 8.05. The Balaban J connectivity index is 1.29. The molecule has 0 radical (unpaired) electrons. The number of hydrogen-bond acceptors (Lipinski definition) is 5.